The smallest absolute Gasteiger partial charge is 0.410 e. The maximum Gasteiger partial charge on any atom is 0.410 e. The molecule has 3 heteroatoms. The minimum absolute atomic E-state index is 0.00215. The SMILES string of the molecule is CC(C)(C)OC(=O)N1CCCC(c2ccccc2)C1C(C)(C)C. The van der Waals surface area contributed by atoms with E-state index >= 15 is 0 Å². The summed E-state index contributed by atoms with van der Waals surface area (Å²) in [5.74, 6) is 0.359. The zero-order valence-electron chi connectivity index (χ0n) is 15.4. The van der Waals surface area contributed by atoms with Crippen LogP contribution in [-0.2, 0) is 4.74 Å². The Balaban J connectivity index is 2.33. The third-order valence-electron chi connectivity index (χ3n) is 4.37. The van der Waals surface area contributed by atoms with Gasteiger partial charge >= 0.3 is 6.09 Å². The quantitative estimate of drug-likeness (QED) is 0.711. The Kier molecular flexibility index (Phi) is 5.07. The number of nitrogens with zero attached hydrogens (tertiary/aromatic N) is 1. The molecular formula is C20H31NO2. The van der Waals surface area contributed by atoms with Crippen LogP contribution in [-0.4, -0.2) is 29.2 Å². The largest absolute Gasteiger partial charge is 0.444 e. The minimum Gasteiger partial charge on any atom is -0.444 e. The van der Waals surface area contributed by atoms with Gasteiger partial charge in [-0.25, -0.2) is 4.79 Å². The summed E-state index contributed by atoms with van der Waals surface area (Å²) in [6.07, 6.45) is 1.95. The van der Waals surface area contributed by atoms with E-state index < -0.39 is 5.60 Å². The summed E-state index contributed by atoms with van der Waals surface area (Å²) in [5, 5.41) is 0. The van der Waals surface area contributed by atoms with Crippen molar-refractivity contribution in [2.75, 3.05) is 6.54 Å². The second-order valence-corrected chi connectivity index (χ2v) is 8.64. The van der Waals surface area contributed by atoms with Crippen molar-refractivity contribution in [2.24, 2.45) is 5.41 Å². The van der Waals surface area contributed by atoms with Crippen LogP contribution in [0.15, 0.2) is 30.3 Å². The van der Waals surface area contributed by atoms with Crippen molar-refractivity contribution in [2.45, 2.75) is 71.9 Å². The second-order valence-electron chi connectivity index (χ2n) is 8.64. The van der Waals surface area contributed by atoms with E-state index in [1.807, 2.05) is 31.7 Å². The molecule has 1 aliphatic heterocycles. The van der Waals surface area contributed by atoms with Crippen molar-refractivity contribution in [1.82, 2.24) is 4.90 Å². The molecule has 1 aliphatic rings. The molecule has 2 atom stereocenters. The zero-order chi connectivity index (χ0) is 17.3. The Morgan fingerprint density at radius 1 is 1.09 bits per heavy atom. The molecule has 0 bridgehead atoms. The molecule has 2 unspecified atom stereocenters. The molecule has 2 rings (SSSR count). The molecule has 1 fully saturated rings. The minimum atomic E-state index is -0.459. The van der Waals surface area contributed by atoms with Crippen LogP contribution in [0.25, 0.3) is 0 Å². The van der Waals surface area contributed by atoms with Crippen molar-refractivity contribution >= 4 is 6.09 Å². The van der Waals surface area contributed by atoms with Crippen molar-refractivity contribution in [3.63, 3.8) is 0 Å². The first-order valence-corrected chi connectivity index (χ1v) is 8.64. The molecule has 0 saturated carbocycles. The molecule has 3 nitrogen and oxygen atoms in total. The molecule has 0 aromatic heterocycles. The first kappa shape index (κ1) is 17.8. The molecule has 1 amide bonds. The van der Waals surface area contributed by atoms with Gasteiger partial charge in [-0.3, -0.25) is 0 Å². The first-order chi connectivity index (χ1) is 10.6. The summed E-state index contributed by atoms with van der Waals surface area (Å²) >= 11 is 0. The number of hydrogen-bond donors (Lipinski definition) is 0. The van der Waals surface area contributed by atoms with Gasteiger partial charge in [0.15, 0.2) is 0 Å². The highest BCUT2D eigenvalue weighted by Gasteiger charge is 2.43. The average Bonchev–Trinajstić information content (AvgIpc) is 2.44. The van der Waals surface area contributed by atoms with Crippen molar-refractivity contribution in [3.05, 3.63) is 35.9 Å². The molecule has 128 valence electrons. The van der Waals surface area contributed by atoms with Gasteiger partial charge in [-0.2, -0.15) is 0 Å². The van der Waals surface area contributed by atoms with Crippen molar-refractivity contribution in [1.29, 1.82) is 0 Å². The fourth-order valence-electron chi connectivity index (χ4n) is 3.64. The van der Waals surface area contributed by atoms with E-state index in [-0.39, 0.29) is 17.6 Å². The fraction of sp³-hybridized carbons (Fsp3) is 0.650. The molecule has 1 heterocycles. The lowest BCUT2D eigenvalue weighted by Crippen LogP contribution is -2.54. The summed E-state index contributed by atoms with van der Waals surface area (Å²) in [4.78, 5) is 14.7. The number of ether oxygens (including phenoxy) is 1. The molecule has 1 aromatic rings. The fourth-order valence-corrected chi connectivity index (χ4v) is 3.64. The Morgan fingerprint density at radius 3 is 2.22 bits per heavy atom. The molecule has 1 aromatic carbocycles. The summed E-state index contributed by atoms with van der Waals surface area (Å²) in [6.45, 7) is 13.2. The van der Waals surface area contributed by atoms with Crippen molar-refractivity contribution < 1.29 is 9.53 Å². The topological polar surface area (TPSA) is 29.5 Å². The Hall–Kier alpha value is -1.51. The highest BCUT2D eigenvalue weighted by molar-refractivity contribution is 5.69. The number of carbonyl (C=O) groups is 1. The van der Waals surface area contributed by atoms with Crippen LogP contribution in [0.3, 0.4) is 0 Å². The summed E-state index contributed by atoms with van der Waals surface area (Å²) in [6, 6.07) is 10.7. The first-order valence-electron chi connectivity index (χ1n) is 8.64. The molecule has 23 heavy (non-hydrogen) atoms. The van der Waals surface area contributed by atoms with Gasteiger partial charge in [-0.05, 0) is 44.6 Å². The summed E-state index contributed by atoms with van der Waals surface area (Å²) in [7, 11) is 0. The lowest BCUT2D eigenvalue weighted by molar-refractivity contribution is -0.0132. The number of amides is 1. The van der Waals surface area contributed by atoms with Gasteiger partial charge in [-0.1, -0.05) is 51.1 Å². The van der Waals surface area contributed by atoms with Crippen LogP contribution in [0.2, 0.25) is 0 Å². The van der Waals surface area contributed by atoms with E-state index in [1.54, 1.807) is 0 Å². The normalized spacial score (nSPS) is 22.8. The number of likely N-dealkylation sites (tertiary alicyclic amines) is 1. The van der Waals surface area contributed by atoms with Gasteiger partial charge in [-0.15, -0.1) is 0 Å². The Morgan fingerprint density at radius 2 is 1.70 bits per heavy atom. The predicted octanol–water partition coefficient (Wildman–Crippen LogP) is 5.22. The van der Waals surface area contributed by atoms with E-state index in [0.717, 1.165) is 19.4 Å². The van der Waals surface area contributed by atoms with Gasteiger partial charge < -0.3 is 9.64 Å². The number of carbonyl (C=O) groups excluding carboxylic acids is 1. The van der Waals surface area contributed by atoms with E-state index in [4.69, 9.17) is 4.74 Å². The summed E-state index contributed by atoms with van der Waals surface area (Å²) in [5.41, 5.74) is 0.859. The van der Waals surface area contributed by atoms with Crippen LogP contribution >= 0.6 is 0 Å². The Bertz CT molecular complexity index is 525. The number of hydrogen-bond acceptors (Lipinski definition) is 2. The van der Waals surface area contributed by atoms with Crippen LogP contribution in [0.1, 0.15) is 65.9 Å². The monoisotopic (exact) mass is 317 g/mol. The number of piperidine rings is 1. The van der Waals surface area contributed by atoms with Gasteiger partial charge in [0.2, 0.25) is 0 Å². The van der Waals surface area contributed by atoms with Crippen LogP contribution in [0, 0.1) is 5.41 Å². The van der Waals surface area contributed by atoms with E-state index in [0.29, 0.717) is 5.92 Å². The lowest BCUT2D eigenvalue weighted by Gasteiger charge is -2.48. The van der Waals surface area contributed by atoms with Crippen LogP contribution < -0.4 is 0 Å². The maximum absolute atomic E-state index is 12.8. The molecule has 0 spiro atoms. The number of rotatable bonds is 1. The lowest BCUT2D eigenvalue weighted by atomic mass is 9.71. The average molecular weight is 317 g/mol. The van der Waals surface area contributed by atoms with Gasteiger partial charge in [0.25, 0.3) is 0 Å². The van der Waals surface area contributed by atoms with Gasteiger partial charge in [0.1, 0.15) is 5.60 Å². The van der Waals surface area contributed by atoms with Crippen LogP contribution in [0.5, 0.6) is 0 Å². The predicted molar refractivity (Wildman–Crippen MR) is 94.6 cm³/mol. The van der Waals surface area contributed by atoms with Crippen LogP contribution in [0.4, 0.5) is 4.79 Å². The standard InChI is InChI=1S/C20H31NO2/c1-19(2,3)17-16(15-11-8-7-9-12-15)13-10-14-21(17)18(22)23-20(4,5)6/h7-9,11-12,16-17H,10,13-14H2,1-6H3. The molecular weight excluding hydrogens is 286 g/mol. The third-order valence-corrected chi connectivity index (χ3v) is 4.37. The van der Waals surface area contributed by atoms with E-state index in [1.165, 1.54) is 5.56 Å². The molecule has 0 radical (unpaired) electrons. The van der Waals surface area contributed by atoms with Gasteiger partial charge in [0.05, 0.1) is 0 Å². The maximum atomic E-state index is 12.8. The number of benzene rings is 1. The van der Waals surface area contributed by atoms with Crippen molar-refractivity contribution in [3.8, 4) is 0 Å². The summed E-state index contributed by atoms with van der Waals surface area (Å²) < 4.78 is 5.67. The molecule has 0 N–H and O–H groups in total. The highest BCUT2D eigenvalue weighted by Crippen LogP contribution is 2.42. The zero-order valence-corrected chi connectivity index (χ0v) is 15.4. The Labute approximate surface area is 141 Å². The highest BCUT2D eigenvalue weighted by atomic mass is 16.6. The molecule has 1 saturated heterocycles. The molecule has 0 aliphatic carbocycles. The van der Waals surface area contributed by atoms with E-state index in [9.17, 15) is 4.79 Å². The van der Waals surface area contributed by atoms with Gasteiger partial charge in [0, 0.05) is 18.5 Å². The second kappa shape index (κ2) is 6.54. The van der Waals surface area contributed by atoms with E-state index in [2.05, 4.69) is 45.0 Å². The third kappa shape index (κ3) is 4.49.